The number of hydrogen-bond acceptors (Lipinski definition) is 2. The minimum atomic E-state index is -4.44. The predicted molar refractivity (Wildman–Crippen MR) is 70.7 cm³/mol. The Morgan fingerprint density at radius 2 is 1.95 bits per heavy atom. The molecular weight excluding hydrogens is 281 g/mol. The molecule has 0 atom stereocenters. The molecule has 0 fully saturated rings. The van der Waals surface area contributed by atoms with Crippen molar-refractivity contribution >= 4 is 5.91 Å². The summed E-state index contributed by atoms with van der Waals surface area (Å²) in [5, 5.41) is 2.70. The van der Waals surface area contributed by atoms with Crippen molar-refractivity contribution < 1.29 is 18.0 Å². The number of amides is 1. The highest BCUT2D eigenvalue weighted by atomic mass is 19.4. The standard InChI is InChI=1S/C15H11F3N2O/c16-15(17,18)13-4-5-19-8-12(13)9-1-2-11-10(7-9)3-6-20-14(11)21/h1-2,4-5,7-8H,3,6H2,(H,20,21). The van der Waals surface area contributed by atoms with Crippen molar-refractivity contribution in [3.05, 3.63) is 53.3 Å². The van der Waals surface area contributed by atoms with Gasteiger partial charge in [-0.05, 0) is 29.7 Å². The van der Waals surface area contributed by atoms with E-state index >= 15 is 0 Å². The maximum absolute atomic E-state index is 13.0. The molecule has 2 aromatic rings. The van der Waals surface area contributed by atoms with Crippen molar-refractivity contribution in [2.45, 2.75) is 12.6 Å². The number of halogens is 3. The zero-order valence-corrected chi connectivity index (χ0v) is 10.9. The Balaban J connectivity index is 2.12. The SMILES string of the molecule is O=C1NCCc2cc(-c3cnccc3C(F)(F)F)ccc21. The number of alkyl halides is 3. The van der Waals surface area contributed by atoms with Crippen LogP contribution in [0, 0.1) is 0 Å². The molecular formula is C15H11F3N2O. The van der Waals surface area contributed by atoms with Crippen LogP contribution in [0.3, 0.4) is 0 Å². The van der Waals surface area contributed by atoms with E-state index in [0.29, 0.717) is 24.1 Å². The molecule has 0 saturated carbocycles. The fraction of sp³-hybridized carbons (Fsp3) is 0.200. The summed E-state index contributed by atoms with van der Waals surface area (Å²) in [6.45, 7) is 0.494. The molecule has 3 nitrogen and oxygen atoms in total. The molecule has 0 bridgehead atoms. The largest absolute Gasteiger partial charge is 0.417 e. The molecule has 2 heterocycles. The van der Waals surface area contributed by atoms with Crippen molar-refractivity contribution in [3.63, 3.8) is 0 Å². The van der Waals surface area contributed by atoms with Crippen LogP contribution in [-0.4, -0.2) is 17.4 Å². The molecule has 3 rings (SSSR count). The van der Waals surface area contributed by atoms with Gasteiger partial charge in [-0.1, -0.05) is 12.1 Å². The van der Waals surface area contributed by atoms with Gasteiger partial charge >= 0.3 is 6.18 Å². The van der Waals surface area contributed by atoms with E-state index in [4.69, 9.17) is 0 Å². The van der Waals surface area contributed by atoms with Crippen LogP contribution in [0.5, 0.6) is 0 Å². The van der Waals surface area contributed by atoms with E-state index in [-0.39, 0.29) is 11.5 Å². The van der Waals surface area contributed by atoms with Gasteiger partial charge in [0.25, 0.3) is 5.91 Å². The molecule has 0 radical (unpaired) electrons. The quantitative estimate of drug-likeness (QED) is 0.877. The maximum Gasteiger partial charge on any atom is 0.417 e. The lowest BCUT2D eigenvalue weighted by atomic mass is 9.94. The number of benzene rings is 1. The van der Waals surface area contributed by atoms with Gasteiger partial charge in [0.05, 0.1) is 5.56 Å². The highest BCUT2D eigenvalue weighted by molar-refractivity contribution is 5.97. The first-order valence-electron chi connectivity index (χ1n) is 6.39. The smallest absolute Gasteiger partial charge is 0.352 e. The van der Waals surface area contributed by atoms with Gasteiger partial charge in [0, 0.05) is 30.1 Å². The number of nitrogens with zero attached hydrogens (tertiary/aromatic N) is 1. The fourth-order valence-electron chi connectivity index (χ4n) is 2.47. The van der Waals surface area contributed by atoms with E-state index < -0.39 is 11.7 Å². The number of pyridine rings is 1. The van der Waals surface area contributed by atoms with Crippen LogP contribution >= 0.6 is 0 Å². The number of carbonyl (C=O) groups excluding carboxylic acids is 1. The molecule has 1 amide bonds. The highest BCUT2D eigenvalue weighted by Crippen LogP contribution is 2.37. The summed E-state index contributed by atoms with van der Waals surface area (Å²) in [5.41, 5.74) is 0.996. The molecule has 1 aromatic heterocycles. The van der Waals surface area contributed by atoms with E-state index in [1.54, 1.807) is 12.1 Å². The Kier molecular flexibility index (Phi) is 3.16. The highest BCUT2D eigenvalue weighted by Gasteiger charge is 2.33. The number of aromatic nitrogens is 1. The Morgan fingerprint density at radius 1 is 1.14 bits per heavy atom. The van der Waals surface area contributed by atoms with Gasteiger partial charge < -0.3 is 5.32 Å². The molecule has 1 aliphatic rings. The van der Waals surface area contributed by atoms with Crippen LogP contribution in [0.15, 0.2) is 36.7 Å². The first kappa shape index (κ1) is 13.6. The second-order valence-electron chi connectivity index (χ2n) is 4.80. The lowest BCUT2D eigenvalue weighted by Crippen LogP contribution is -2.31. The van der Waals surface area contributed by atoms with Gasteiger partial charge in [-0.2, -0.15) is 13.2 Å². The molecule has 108 valence electrons. The zero-order valence-electron chi connectivity index (χ0n) is 10.9. The van der Waals surface area contributed by atoms with Gasteiger partial charge in [-0.25, -0.2) is 0 Å². The van der Waals surface area contributed by atoms with E-state index in [1.807, 2.05) is 0 Å². The Labute approximate surface area is 118 Å². The topological polar surface area (TPSA) is 42.0 Å². The summed E-state index contributed by atoms with van der Waals surface area (Å²) in [7, 11) is 0. The summed E-state index contributed by atoms with van der Waals surface area (Å²) in [4.78, 5) is 15.4. The van der Waals surface area contributed by atoms with Crippen LogP contribution < -0.4 is 5.32 Å². The third kappa shape index (κ3) is 2.49. The average Bonchev–Trinajstić information content (AvgIpc) is 2.46. The van der Waals surface area contributed by atoms with Crippen LogP contribution in [0.25, 0.3) is 11.1 Å². The molecule has 0 saturated heterocycles. The van der Waals surface area contributed by atoms with Crippen LogP contribution in [0.4, 0.5) is 13.2 Å². The molecule has 0 spiro atoms. The van der Waals surface area contributed by atoms with Gasteiger partial charge in [-0.15, -0.1) is 0 Å². The summed E-state index contributed by atoms with van der Waals surface area (Å²) < 4.78 is 39.1. The van der Waals surface area contributed by atoms with Gasteiger partial charge in [0.1, 0.15) is 0 Å². The molecule has 0 unspecified atom stereocenters. The molecule has 1 aromatic carbocycles. The first-order valence-corrected chi connectivity index (χ1v) is 6.39. The number of fused-ring (bicyclic) bond motifs is 1. The Hall–Kier alpha value is -2.37. The maximum atomic E-state index is 13.0. The molecule has 6 heteroatoms. The van der Waals surface area contributed by atoms with E-state index in [1.165, 1.54) is 12.3 Å². The summed E-state index contributed by atoms with van der Waals surface area (Å²) in [5.74, 6) is -0.190. The van der Waals surface area contributed by atoms with Crippen molar-refractivity contribution in [1.29, 1.82) is 0 Å². The third-order valence-corrected chi connectivity index (χ3v) is 3.47. The van der Waals surface area contributed by atoms with Crippen molar-refractivity contribution in [2.75, 3.05) is 6.54 Å². The van der Waals surface area contributed by atoms with Crippen molar-refractivity contribution in [1.82, 2.24) is 10.3 Å². The number of nitrogens with one attached hydrogen (secondary N) is 1. The minimum absolute atomic E-state index is 0.0266. The minimum Gasteiger partial charge on any atom is -0.352 e. The summed E-state index contributed by atoms with van der Waals surface area (Å²) in [6, 6.07) is 5.68. The average molecular weight is 292 g/mol. The van der Waals surface area contributed by atoms with E-state index in [9.17, 15) is 18.0 Å². The second-order valence-corrected chi connectivity index (χ2v) is 4.80. The molecule has 1 N–H and O–H groups in total. The Morgan fingerprint density at radius 3 is 2.71 bits per heavy atom. The van der Waals surface area contributed by atoms with Crippen molar-refractivity contribution in [2.24, 2.45) is 0 Å². The monoisotopic (exact) mass is 292 g/mol. The van der Waals surface area contributed by atoms with Crippen LogP contribution in [0.1, 0.15) is 21.5 Å². The molecule has 1 aliphatic heterocycles. The lowest BCUT2D eigenvalue weighted by Gasteiger charge is -2.18. The Bertz CT molecular complexity index is 710. The number of carbonyl (C=O) groups is 1. The lowest BCUT2D eigenvalue weighted by molar-refractivity contribution is -0.137. The fourth-order valence-corrected chi connectivity index (χ4v) is 2.47. The molecule has 21 heavy (non-hydrogen) atoms. The van der Waals surface area contributed by atoms with E-state index in [2.05, 4.69) is 10.3 Å². The second kappa shape index (κ2) is 4.87. The van der Waals surface area contributed by atoms with Crippen LogP contribution in [0.2, 0.25) is 0 Å². The predicted octanol–water partition coefficient (Wildman–Crippen LogP) is 3.05. The van der Waals surface area contributed by atoms with Gasteiger partial charge in [0.15, 0.2) is 0 Å². The summed E-state index contributed by atoms with van der Waals surface area (Å²) >= 11 is 0. The normalized spacial score (nSPS) is 14.5. The van der Waals surface area contributed by atoms with Gasteiger partial charge in [0.2, 0.25) is 0 Å². The zero-order chi connectivity index (χ0) is 15.0. The van der Waals surface area contributed by atoms with Crippen LogP contribution in [-0.2, 0) is 12.6 Å². The third-order valence-electron chi connectivity index (χ3n) is 3.47. The summed E-state index contributed by atoms with van der Waals surface area (Å²) in [6.07, 6.45) is -1.51. The van der Waals surface area contributed by atoms with E-state index in [0.717, 1.165) is 17.8 Å². The number of hydrogen-bond donors (Lipinski definition) is 1. The number of rotatable bonds is 1. The first-order chi connectivity index (χ1) is 9.97. The molecule has 0 aliphatic carbocycles. The van der Waals surface area contributed by atoms with Gasteiger partial charge in [-0.3, -0.25) is 9.78 Å². The van der Waals surface area contributed by atoms with Crippen molar-refractivity contribution in [3.8, 4) is 11.1 Å².